The van der Waals surface area contributed by atoms with Crippen molar-refractivity contribution in [1.29, 1.82) is 0 Å². The van der Waals surface area contributed by atoms with Crippen molar-refractivity contribution in [3.63, 3.8) is 0 Å². The van der Waals surface area contributed by atoms with Gasteiger partial charge in [-0.2, -0.15) is 0 Å². The molecule has 1 aliphatic carbocycles. The topological polar surface area (TPSA) is 98.0 Å². The minimum Gasteiger partial charge on any atom is -0.493 e. The molecule has 1 aromatic carbocycles. The second-order valence-corrected chi connectivity index (χ2v) is 7.22. The van der Waals surface area contributed by atoms with Gasteiger partial charge in [0.15, 0.2) is 11.5 Å². The summed E-state index contributed by atoms with van der Waals surface area (Å²) in [4.78, 5) is 20.4. The first-order valence-electron chi connectivity index (χ1n) is 9.65. The Morgan fingerprint density at radius 3 is 2.59 bits per heavy atom. The van der Waals surface area contributed by atoms with Crippen molar-refractivity contribution in [1.82, 2.24) is 14.4 Å². The molecule has 0 aliphatic heterocycles. The number of hydrogen-bond donors (Lipinski definition) is 2. The summed E-state index contributed by atoms with van der Waals surface area (Å²) in [6.45, 7) is 0. The highest BCUT2D eigenvalue weighted by atomic mass is 16.5. The zero-order valence-electron chi connectivity index (χ0n) is 16.5. The highest BCUT2D eigenvalue weighted by Gasteiger charge is 2.26. The Labute approximate surface area is 168 Å². The van der Waals surface area contributed by atoms with Crippen LogP contribution in [0.1, 0.15) is 25.7 Å². The molecule has 1 saturated carbocycles. The van der Waals surface area contributed by atoms with E-state index in [1.165, 1.54) is 0 Å². The molecule has 8 nitrogen and oxygen atoms in total. The summed E-state index contributed by atoms with van der Waals surface area (Å²) in [7, 11) is 3.21. The molecule has 0 atom stereocenters. The first-order chi connectivity index (χ1) is 14.1. The van der Waals surface area contributed by atoms with E-state index < -0.39 is 5.97 Å². The number of carbonyl (C=O) groups is 1. The van der Waals surface area contributed by atoms with Crippen LogP contribution in [0.2, 0.25) is 0 Å². The predicted octanol–water partition coefficient (Wildman–Crippen LogP) is 3.47. The molecule has 152 valence electrons. The van der Waals surface area contributed by atoms with Gasteiger partial charge in [0.2, 0.25) is 5.95 Å². The van der Waals surface area contributed by atoms with Gasteiger partial charge in [-0.3, -0.25) is 9.20 Å². The van der Waals surface area contributed by atoms with Crippen LogP contribution in [0.15, 0.2) is 36.7 Å². The lowest BCUT2D eigenvalue weighted by Crippen LogP contribution is -2.30. The number of carboxylic acid groups (broad SMARTS) is 1. The summed E-state index contributed by atoms with van der Waals surface area (Å²) >= 11 is 0. The largest absolute Gasteiger partial charge is 0.493 e. The molecule has 0 unspecified atom stereocenters. The van der Waals surface area contributed by atoms with Crippen molar-refractivity contribution >= 4 is 17.6 Å². The average Bonchev–Trinajstić information content (AvgIpc) is 3.22. The van der Waals surface area contributed by atoms with Crippen LogP contribution in [0.25, 0.3) is 16.9 Å². The van der Waals surface area contributed by atoms with E-state index in [9.17, 15) is 9.90 Å². The van der Waals surface area contributed by atoms with Crippen molar-refractivity contribution in [2.45, 2.75) is 31.7 Å². The van der Waals surface area contributed by atoms with E-state index in [2.05, 4.69) is 10.3 Å². The first-order valence-corrected chi connectivity index (χ1v) is 9.65. The van der Waals surface area contributed by atoms with Gasteiger partial charge in [-0.05, 0) is 43.9 Å². The molecule has 2 aromatic heterocycles. The fraction of sp³-hybridized carbons (Fsp3) is 0.381. The van der Waals surface area contributed by atoms with E-state index >= 15 is 0 Å². The number of rotatable bonds is 6. The maximum absolute atomic E-state index is 11.2. The Balaban J connectivity index is 1.64. The zero-order chi connectivity index (χ0) is 20.4. The third-order valence-corrected chi connectivity index (χ3v) is 5.48. The van der Waals surface area contributed by atoms with Crippen molar-refractivity contribution < 1.29 is 19.4 Å². The number of ether oxygens (including phenoxy) is 2. The molecular weight excluding hydrogens is 372 g/mol. The number of fused-ring (bicyclic) bond motifs is 1. The lowest BCUT2D eigenvalue weighted by molar-refractivity contribution is -0.142. The van der Waals surface area contributed by atoms with Gasteiger partial charge in [0.1, 0.15) is 5.65 Å². The first kappa shape index (κ1) is 19.0. The Kier molecular flexibility index (Phi) is 5.24. The van der Waals surface area contributed by atoms with Crippen LogP contribution in [0.3, 0.4) is 0 Å². The van der Waals surface area contributed by atoms with Crippen molar-refractivity contribution in [2.75, 3.05) is 19.5 Å². The highest BCUT2D eigenvalue weighted by molar-refractivity contribution is 5.70. The van der Waals surface area contributed by atoms with Gasteiger partial charge < -0.3 is 19.9 Å². The summed E-state index contributed by atoms with van der Waals surface area (Å²) in [5, 5.41) is 12.7. The van der Waals surface area contributed by atoms with Crippen molar-refractivity contribution in [3.8, 4) is 22.8 Å². The van der Waals surface area contributed by atoms with Gasteiger partial charge in [-0.25, -0.2) is 9.97 Å². The number of nitrogens with one attached hydrogen (secondary N) is 1. The second kappa shape index (κ2) is 7.98. The molecule has 0 saturated heterocycles. The maximum Gasteiger partial charge on any atom is 0.306 e. The van der Waals surface area contributed by atoms with E-state index in [-0.39, 0.29) is 12.0 Å². The van der Waals surface area contributed by atoms with E-state index in [1.54, 1.807) is 20.4 Å². The van der Waals surface area contributed by atoms with Gasteiger partial charge in [0, 0.05) is 30.1 Å². The number of anilines is 1. The quantitative estimate of drug-likeness (QED) is 0.658. The van der Waals surface area contributed by atoms with Crippen LogP contribution in [-0.4, -0.2) is 45.7 Å². The van der Waals surface area contributed by atoms with Crippen molar-refractivity contribution in [3.05, 3.63) is 36.7 Å². The number of methoxy groups -OCH3 is 2. The summed E-state index contributed by atoms with van der Waals surface area (Å²) in [6.07, 6.45) is 6.56. The molecule has 0 radical (unpaired) electrons. The van der Waals surface area contributed by atoms with Crippen LogP contribution < -0.4 is 14.8 Å². The lowest BCUT2D eigenvalue weighted by atomic mass is 9.86. The number of aliphatic carboxylic acids is 1. The number of imidazole rings is 1. The molecule has 29 heavy (non-hydrogen) atoms. The van der Waals surface area contributed by atoms with Crippen LogP contribution in [0, 0.1) is 5.92 Å². The minimum absolute atomic E-state index is 0.185. The summed E-state index contributed by atoms with van der Waals surface area (Å²) < 4.78 is 12.6. The SMILES string of the molecule is COc1ccc(-c2cc3nccn3c(NC3CCC(C(=O)O)CC3)n2)cc1OC. The number of hydrogen-bond acceptors (Lipinski definition) is 6. The normalized spacial score (nSPS) is 19.1. The third-order valence-electron chi connectivity index (χ3n) is 5.48. The number of benzene rings is 1. The second-order valence-electron chi connectivity index (χ2n) is 7.22. The molecule has 0 amide bonds. The predicted molar refractivity (Wildman–Crippen MR) is 109 cm³/mol. The maximum atomic E-state index is 11.2. The summed E-state index contributed by atoms with van der Waals surface area (Å²) in [5.74, 6) is 1.05. The summed E-state index contributed by atoms with van der Waals surface area (Å²) in [5.41, 5.74) is 2.45. The molecule has 0 bridgehead atoms. The Morgan fingerprint density at radius 1 is 1.14 bits per heavy atom. The molecule has 4 rings (SSSR count). The van der Waals surface area contributed by atoms with Gasteiger partial charge >= 0.3 is 5.97 Å². The Bertz CT molecular complexity index is 1020. The van der Waals surface area contributed by atoms with Crippen LogP contribution in [0.4, 0.5) is 5.95 Å². The van der Waals surface area contributed by atoms with Gasteiger partial charge in [0.05, 0.1) is 25.8 Å². The number of carboxylic acids is 1. The molecule has 2 heterocycles. The third kappa shape index (κ3) is 3.83. The monoisotopic (exact) mass is 396 g/mol. The molecule has 1 fully saturated rings. The molecule has 1 aliphatic rings. The molecule has 2 N–H and O–H groups in total. The highest BCUT2D eigenvalue weighted by Crippen LogP contribution is 2.33. The van der Waals surface area contributed by atoms with Crippen molar-refractivity contribution in [2.24, 2.45) is 5.92 Å². The Hall–Kier alpha value is -3.29. The van der Waals surface area contributed by atoms with E-state index in [0.29, 0.717) is 30.3 Å². The number of aromatic nitrogens is 3. The Morgan fingerprint density at radius 2 is 1.90 bits per heavy atom. The smallest absolute Gasteiger partial charge is 0.306 e. The standard InChI is InChI=1S/C21H24N4O4/c1-28-17-8-5-14(11-18(17)29-2)16-12-19-22-9-10-25(19)21(24-16)23-15-6-3-13(4-7-15)20(26)27/h5,8-13,15H,3-4,6-7H2,1-2H3,(H,23,24)(H,26,27). The average molecular weight is 396 g/mol. The number of nitrogens with zero attached hydrogens (tertiary/aromatic N) is 3. The lowest BCUT2D eigenvalue weighted by Gasteiger charge is -2.27. The van der Waals surface area contributed by atoms with E-state index in [1.807, 2.05) is 34.9 Å². The fourth-order valence-electron chi connectivity index (χ4n) is 3.84. The van der Waals surface area contributed by atoms with Gasteiger partial charge in [-0.1, -0.05) is 0 Å². The van der Waals surface area contributed by atoms with E-state index in [0.717, 1.165) is 29.7 Å². The molecule has 8 heteroatoms. The summed E-state index contributed by atoms with van der Waals surface area (Å²) in [6, 6.07) is 7.79. The van der Waals surface area contributed by atoms with Crippen LogP contribution >= 0.6 is 0 Å². The van der Waals surface area contributed by atoms with Gasteiger partial charge in [-0.15, -0.1) is 0 Å². The molecule has 0 spiro atoms. The molecular formula is C21H24N4O4. The van der Waals surface area contributed by atoms with Crippen LogP contribution in [-0.2, 0) is 4.79 Å². The van der Waals surface area contributed by atoms with E-state index in [4.69, 9.17) is 14.5 Å². The fourth-order valence-corrected chi connectivity index (χ4v) is 3.84. The molecule has 3 aromatic rings. The minimum atomic E-state index is -0.700. The van der Waals surface area contributed by atoms with Gasteiger partial charge in [0.25, 0.3) is 0 Å². The van der Waals surface area contributed by atoms with Crippen LogP contribution in [0.5, 0.6) is 11.5 Å². The zero-order valence-corrected chi connectivity index (χ0v) is 16.5.